The zero-order valence-electron chi connectivity index (χ0n) is 8.65. The molecule has 2 aromatic rings. The van der Waals surface area contributed by atoms with Gasteiger partial charge in [-0.25, -0.2) is 4.39 Å². The van der Waals surface area contributed by atoms with Crippen molar-refractivity contribution < 1.29 is 4.39 Å². The van der Waals surface area contributed by atoms with Crippen molar-refractivity contribution in [2.24, 2.45) is 0 Å². The minimum absolute atomic E-state index is 0.280. The molecule has 0 radical (unpaired) electrons. The Labute approximate surface area is 108 Å². The molecule has 0 aliphatic rings. The Bertz CT molecular complexity index is 592. The van der Waals surface area contributed by atoms with Crippen LogP contribution in [0, 0.1) is 17.1 Å². The van der Waals surface area contributed by atoms with Crippen molar-refractivity contribution in [3.63, 3.8) is 0 Å². The molecule has 0 N–H and O–H groups in total. The second-order valence-electron chi connectivity index (χ2n) is 3.29. The fourth-order valence-electron chi connectivity index (χ4n) is 1.30. The van der Waals surface area contributed by atoms with Gasteiger partial charge in [-0.05, 0) is 30.3 Å². The lowest BCUT2D eigenvalue weighted by Gasteiger charge is -2.05. The van der Waals surface area contributed by atoms with Gasteiger partial charge in [0.05, 0.1) is 16.7 Å². The number of nitriles is 1. The van der Waals surface area contributed by atoms with Crippen LogP contribution in [0.3, 0.4) is 0 Å². The highest BCUT2D eigenvalue weighted by Crippen LogP contribution is 2.34. The van der Waals surface area contributed by atoms with Gasteiger partial charge in [-0.3, -0.25) is 0 Å². The van der Waals surface area contributed by atoms with Crippen LogP contribution in [-0.2, 0) is 0 Å². The van der Waals surface area contributed by atoms with E-state index in [9.17, 15) is 4.39 Å². The molecule has 84 valence electrons. The van der Waals surface area contributed by atoms with E-state index in [-0.39, 0.29) is 5.82 Å². The van der Waals surface area contributed by atoms with Crippen molar-refractivity contribution in [3.8, 4) is 6.07 Å². The third-order valence-corrected chi connectivity index (χ3v) is 3.67. The second-order valence-corrected chi connectivity index (χ2v) is 4.78. The van der Waals surface area contributed by atoms with Crippen molar-refractivity contribution in [1.82, 2.24) is 0 Å². The van der Waals surface area contributed by atoms with Crippen molar-refractivity contribution >= 4 is 23.4 Å². The van der Waals surface area contributed by atoms with E-state index in [0.717, 1.165) is 4.90 Å². The number of nitrogens with zero attached hydrogens (tertiary/aromatic N) is 1. The molecule has 0 aromatic heterocycles. The van der Waals surface area contributed by atoms with E-state index in [2.05, 4.69) is 0 Å². The number of benzene rings is 2. The lowest BCUT2D eigenvalue weighted by Crippen LogP contribution is -1.82. The standard InChI is InChI=1S/C13H7ClFNS/c14-10-7-9(8-16)5-6-12(10)17-13-4-2-1-3-11(13)15/h1-7H. The van der Waals surface area contributed by atoms with Crippen LogP contribution in [0.25, 0.3) is 0 Å². The van der Waals surface area contributed by atoms with Gasteiger partial charge in [0, 0.05) is 9.79 Å². The molecule has 1 nitrogen and oxygen atoms in total. The molecule has 0 bridgehead atoms. The Morgan fingerprint density at radius 1 is 1.12 bits per heavy atom. The average Bonchev–Trinajstić information content (AvgIpc) is 2.34. The monoisotopic (exact) mass is 263 g/mol. The molecule has 0 saturated heterocycles. The molecule has 0 unspecified atom stereocenters. The van der Waals surface area contributed by atoms with Gasteiger partial charge < -0.3 is 0 Å². The lowest BCUT2D eigenvalue weighted by atomic mass is 10.2. The Balaban J connectivity index is 2.32. The first-order valence-electron chi connectivity index (χ1n) is 4.83. The Kier molecular flexibility index (Phi) is 3.68. The van der Waals surface area contributed by atoms with Gasteiger partial charge >= 0.3 is 0 Å². The van der Waals surface area contributed by atoms with Crippen LogP contribution in [0.1, 0.15) is 5.56 Å². The van der Waals surface area contributed by atoms with Gasteiger partial charge in [-0.1, -0.05) is 35.5 Å². The molecule has 4 heteroatoms. The van der Waals surface area contributed by atoms with E-state index in [4.69, 9.17) is 16.9 Å². The molecule has 0 amide bonds. The van der Waals surface area contributed by atoms with Crippen molar-refractivity contribution in [2.45, 2.75) is 9.79 Å². The minimum Gasteiger partial charge on any atom is -0.206 e. The predicted octanol–water partition coefficient (Wildman–Crippen LogP) is 4.50. The van der Waals surface area contributed by atoms with Crippen molar-refractivity contribution in [1.29, 1.82) is 5.26 Å². The van der Waals surface area contributed by atoms with Crippen LogP contribution < -0.4 is 0 Å². The molecular formula is C13H7ClFNS. The zero-order chi connectivity index (χ0) is 12.3. The average molecular weight is 264 g/mol. The highest BCUT2D eigenvalue weighted by molar-refractivity contribution is 7.99. The molecule has 0 aliphatic heterocycles. The number of rotatable bonds is 2. The molecule has 2 rings (SSSR count). The third-order valence-electron chi connectivity index (χ3n) is 2.12. The summed E-state index contributed by atoms with van der Waals surface area (Å²) in [7, 11) is 0. The highest BCUT2D eigenvalue weighted by Gasteiger charge is 2.07. The summed E-state index contributed by atoms with van der Waals surface area (Å²) in [5, 5.41) is 9.17. The van der Waals surface area contributed by atoms with Crippen LogP contribution in [0.2, 0.25) is 5.02 Å². The Morgan fingerprint density at radius 2 is 1.88 bits per heavy atom. The Hall–Kier alpha value is -1.50. The first-order chi connectivity index (χ1) is 8.20. The largest absolute Gasteiger partial charge is 0.206 e. The summed E-state index contributed by atoms with van der Waals surface area (Å²) in [6.45, 7) is 0. The minimum atomic E-state index is -0.280. The smallest absolute Gasteiger partial charge is 0.137 e. The number of hydrogen-bond acceptors (Lipinski definition) is 2. The summed E-state index contributed by atoms with van der Waals surface area (Å²) in [5.74, 6) is -0.280. The molecular weight excluding hydrogens is 257 g/mol. The van der Waals surface area contributed by atoms with E-state index in [1.165, 1.54) is 17.8 Å². The van der Waals surface area contributed by atoms with Crippen LogP contribution in [0.15, 0.2) is 52.3 Å². The molecule has 2 aromatic carbocycles. The predicted molar refractivity (Wildman–Crippen MR) is 66.7 cm³/mol. The number of halogens is 2. The SMILES string of the molecule is N#Cc1ccc(Sc2ccccc2F)c(Cl)c1. The first kappa shape index (κ1) is 12.0. The van der Waals surface area contributed by atoms with E-state index >= 15 is 0 Å². The van der Waals surface area contributed by atoms with Crippen LogP contribution in [-0.4, -0.2) is 0 Å². The summed E-state index contributed by atoms with van der Waals surface area (Å²) in [4.78, 5) is 1.25. The molecule has 0 saturated carbocycles. The molecule has 0 atom stereocenters. The Morgan fingerprint density at radius 3 is 2.53 bits per heavy atom. The van der Waals surface area contributed by atoms with Crippen LogP contribution >= 0.6 is 23.4 Å². The van der Waals surface area contributed by atoms with Crippen LogP contribution in [0.4, 0.5) is 4.39 Å². The topological polar surface area (TPSA) is 23.8 Å². The summed E-state index contributed by atoms with van der Waals surface area (Å²) in [5.41, 5.74) is 0.493. The zero-order valence-corrected chi connectivity index (χ0v) is 10.2. The van der Waals surface area contributed by atoms with Gasteiger partial charge in [-0.15, -0.1) is 0 Å². The molecule has 17 heavy (non-hydrogen) atoms. The third kappa shape index (κ3) is 2.79. The highest BCUT2D eigenvalue weighted by atomic mass is 35.5. The fraction of sp³-hybridized carbons (Fsp3) is 0. The molecule has 0 aliphatic carbocycles. The van der Waals surface area contributed by atoms with E-state index in [1.807, 2.05) is 6.07 Å². The number of hydrogen-bond donors (Lipinski definition) is 0. The maximum absolute atomic E-state index is 13.4. The molecule has 0 fully saturated rings. The van der Waals surface area contributed by atoms with Crippen LogP contribution in [0.5, 0.6) is 0 Å². The fourth-order valence-corrected chi connectivity index (χ4v) is 2.44. The van der Waals surface area contributed by atoms with Gasteiger partial charge in [0.15, 0.2) is 0 Å². The normalized spacial score (nSPS) is 9.94. The molecule has 0 heterocycles. The maximum Gasteiger partial charge on any atom is 0.137 e. The molecule has 0 spiro atoms. The maximum atomic E-state index is 13.4. The summed E-state index contributed by atoms with van der Waals surface area (Å²) in [6, 6.07) is 13.5. The second kappa shape index (κ2) is 5.22. The van der Waals surface area contributed by atoms with Gasteiger partial charge in [0.25, 0.3) is 0 Å². The summed E-state index contributed by atoms with van der Waals surface area (Å²) >= 11 is 7.26. The van der Waals surface area contributed by atoms with E-state index in [1.54, 1.807) is 36.4 Å². The quantitative estimate of drug-likeness (QED) is 0.796. The van der Waals surface area contributed by atoms with Crippen molar-refractivity contribution in [2.75, 3.05) is 0 Å². The van der Waals surface area contributed by atoms with Gasteiger partial charge in [-0.2, -0.15) is 5.26 Å². The van der Waals surface area contributed by atoms with E-state index < -0.39 is 0 Å². The summed E-state index contributed by atoms with van der Waals surface area (Å²) < 4.78 is 13.4. The van der Waals surface area contributed by atoms with E-state index in [0.29, 0.717) is 15.5 Å². The van der Waals surface area contributed by atoms with Gasteiger partial charge in [0.1, 0.15) is 5.82 Å². The van der Waals surface area contributed by atoms with Crippen molar-refractivity contribution in [3.05, 3.63) is 58.9 Å². The van der Waals surface area contributed by atoms with Gasteiger partial charge in [0.2, 0.25) is 0 Å². The first-order valence-corrected chi connectivity index (χ1v) is 6.02. The lowest BCUT2D eigenvalue weighted by molar-refractivity contribution is 0.602. The summed E-state index contributed by atoms with van der Waals surface area (Å²) in [6.07, 6.45) is 0.